The Bertz CT molecular complexity index is 799. The van der Waals surface area contributed by atoms with Crippen molar-refractivity contribution in [3.05, 3.63) is 53.6 Å². The predicted octanol–water partition coefficient (Wildman–Crippen LogP) is 4.01. The van der Waals surface area contributed by atoms with Crippen molar-refractivity contribution >= 4 is 28.3 Å². The Hall–Kier alpha value is -1.96. The van der Waals surface area contributed by atoms with E-state index in [2.05, 4.69) is 28.0 Å². The van der Waals surface area contributed by atoms with Gasteiger partial charge in [0, 0.05) is 13.1 Å². The molecule has 0 unspecified atom stereocenters. The van der Waals surface area contributed by atoms with Crippen molar-refractivity contribution in [1.82, 2.24) is 9.80 Å². The number of thiocarbonyl (C=S) groups is 1. The lowest BCUT2D eigenvalue weighted by Crippen LogP contribution is -2.45. The minimum atomic E-state index is 0.751. The second-order valence-corrected chi connectivity index (χ2v) is 8.14. The Morgan fingerprint density at radius 2 is 1.64 bits per heavy atom. The molecule has 1 aliphatic heterocycles. The molecule has 0 amide bonds. The maximum atomic E-state index is 5.58. The van der Waals surface area contributed by atoms with Crippen LogP contribution in [0.5, 0.6) is 17.2 Å². The van der Waals surface area contributed by atoms with E-state index in [0.29, 0.717) is 0 Å². The molecule has 1 fully saturated rings. The number of rotatable bonds is 8. The van der Waals surface area contributed by atoms with Gasteiger partial charge in [-0.15, -0.1) is 0 Å². The summed E-state index contributed by atoms with van der Waals surface area (Å²) >= 11 is 7.31. The zero-order valence-electron chi connectivity index (χ0n) is 16.5. The van der Waals surface area contributed by atoms with Crippen molar-refractivity contribution in [3.8, 4) is 17.2 Å². The smallest absolute Gasteiger partial charge is 0.160 e. The molecule has 28 heavy (non-hydrogen) atoms. The quantitative estimate of drug-likeness (QED) is 0.599. The number of hydrogen-bond donors (Lipinski definition) is 0. The average Bonchev–Trinajstić information content (AvgIpc) is 2.74. The van der Waals surface area contributed by atoms with Crippen LogP contribution in [-0.4, -0.2) is 54.5 Å². The monoisotopic (exact) mass is 418 g/mol. The van der Waals surface area contributed by atoms with Crippen molar-refractivity contribution in [3.63, 3.8) is 0 Å². The number of hydrogen-bond acceptors (Lipinski definition) is 6. The van der Waals surface area contributed by atoms with E-state index in [-0.39, 0.29) is 0 Å². The molecule has 0 saturated carbocycles. The third-order valence-electron chi connectivity index (χ3n) is 4.68. The second kappa shape index (κ2) is 10.0. The number of ether oxygens (including phenoxy) is 3. The fourth-order valence-electron chi connectivity index (χ4n) is 3.12. The maximum absolute atomic E-state index is 5.58. The highest BCUT2D eigenvalue weighted by atomic mass is 32.2. The van der Waals surface area contributed by atoms with Gasteiger partial charge in [0.1, 0.15) is 10.1 Å². The summed E-state index contributed by atoms with van der Waals surface area (Å²) in [5.74, 6) is 3.31. The van der Waals surface area contributed by atoms with Crippen LogP contribution in [0.4, 0.5) is 0 Å². The summed E-state index contributed by atoms with van der Waals surface area (Å²) in [6.07, 6.45) is 0.900. The van der Waals surface area contributed by atoms with Gasteiger partial charge in [-0.1, -0.05) is 42.2 Å². The lowest BCUT2D eigenvalue weighted by Gasteiger charge is -2.36. The molecule has 0 bridgehead atoms. The Morgan fingerprint density at radius 1 is 0.929 bits per heavy atom. The second-order valence-electron chi connectivity index (χ2n) is 6.56. The summed E-state index contributed by atoms with van der Waals surface area (Å²) in [5.41, 5.74) is 2.48. The highest BCUT2D eigenvalue weighted by Crippen LogP contribution is 2.28. The number of thioether (sulfide) groups is 1. The molecule has 2 aromatic carbocycles. The molecule has 2 aromatic rings. The lowest BCUT2D eigenvalue weighted by molar-refractivity contribution is 0.206. The van der Waals surface area contributed by atoms with Crippen LogP contribution in [0, 0.1) is 0 Å². The first-order chi connectivity index (χ1) is 13.6. The van der Waals surface area contributed by atoms with Gasteiger partial charge in [0.2, 0.25) is 0 Å². The van der Waals surface area contributed by atoms with E-state index in [4.69, 9.17) is 26.4 Å². The molecule has 5 nitrogen and oxygen atoms in total. The van der Waals surface area contributed by atoms with E-state index in [1.54, 1.807) is 33.1 Å². The SMILES string of the molecule is COc1ccc(CN2CSC(=S)N(CCc3ccc(OC)c(OC)c3)C2)cc1. The molecule has 0 spiro atoms. The lowest BCUT2D eigenvalue weighted by atomic mass is 10.1. The molecule has 0 atom stereocenters. The topological polar surface area (TPSA) is 34.2 Å². The van der Waals surface area contributed by atoms with Gasteiger partial charge in [0.05, 0.1) is 33.9 Å². The van der Waals surface area contributed by atoms with Gasteiger partial charge >= 0.3 is 0 Å². The fraction of sp³-hybridized carbons (Fsp3) is 0.381. The third kappa shape index (κ3) is 5.31. The van der Waals surface area contributed by atoms with Gasteiger partial charge < -0.3 is 19.1 Å². The van der Waals surface area contributed by atoms with Gasteiger partial charge in [-0.05, 0) is 41.8 Å². The summed E-state index contributed by atoms with van der Waals surface area (Å²) < 4.78 is 16.9. The zero-order valence-corrected chi connectivity index (χ0v) is 18.1. The summed E-state index contributed by atoms with van der Waals surface area (Å²) in [6, 6.07) is 14.3. The van der Waals surface area contributed by atoms with Crippen LogP contribution < -0.4 is 14.2 Å². The molecule has 150 valence electrons. The van der Waals surface area contributed by atoms with Gasteiger partial charge in [0.25, 0.3) is 0 Å². The highest BCUT2D eigenvalue weighted by Gasteiger charge is 2.21. The van der Waals surface area contributed by atoms with Crippen LogP contribution in [0.2, 0.25) is 0 Å². The minimum Gasteiger partial charge on any atom is -0.497 e. The average molecular weight is 419 g/mol. The first kappa shape index (κ1) is 20.8. The van der Waals surface area contributed by atoms with Crippen LogP contribution >= 0.6 is 24.0 Å². The zero-order chi connectivity index (χ0) is 19.9. The fourth-order valence-corrected chi connectivity index (χ4v) is 4.23. The molecule has 0 aliphatic carbocycles. The Kier molecular flexibility index (Phi) is 7.42. The Morgan fingerprint density at radius 3 is 2.32 bits per heavy atom. The standard InChI is InChI=1S/C21H26N2O3S2/c1-24-18-7-4-17(5-8-18)13-22-14-23(21(27)28-15-22)11-10-16-6-9-19(25-2)20(12-16)26-3/h4-9,12H,10-11,13-15H2,1-3H3. The van der Waals surface area contributed by atoms with E-state index in [1.165, 1.54) is 11.1 Å². The molecule has 0 N–H and O–H groups in total. The molecule has 3 rings (SSSR count). The first-order valence-electron chi connectivity index (χ1n) is 9.11. The van der Waals surface area contributed by atoms with Crippen LogP contribution in [0.25, 0.3) is 0 Å². The molecule has 1 aliphatic rings. The van der Waals surface area contributed by atoms with Crippen LogP contribution in [-0.2, 0) is 13.0 Å². The molecular formula is C21H26N2O3S2. The molecule has 1 heterocycles. The summed E-state index contributed by atoms with van der Waals surface area (Å²) in [6.45, 7) is 2.61. The molecule has 0 radical (unpaired) electrons. The largest absolute Gasteiger partial charge is 0.497 e. The van der Waals surface area contributed by atoms with E-state index >= 15 is 0 Å². The number of nitrogens with zero attached hydrogens (tertiary/aromatic N) is 2. The van der Waals surface area contributed by atoms with Crippen molar-refractivity contribution in [1.29, 1.82) is 0 Å². The number of methoxy groups -OCH3 is 3. The highest BCUT2D eigenvalue weighted by molar-refractivity contribution is 8.22. The molecule has 0 aromatic heterocycles. The molecule has 7 heteroatoms. The van der Waals surface area contributed by atoms with Gasteiger partial charge in [-0.25, -0.2) is 0 Å². The predicted molar refractivity (Wildman–Crippen MR) is 118 cm³/mol. The van der Waals surface area contributed by atoms with E-state index in [0.717, 1.165) is 53.6 Å². The van der Waals surface area contributed by atoms with E-state index < -0.39 is 0 Å². The number of benzene rings is 2. The normalized spacial score (nSPS) is 14.8. The van der Waals surface area contributed by atoms with Crippen LogP contribution in [0.1, 0.15) is 11.1 Å². The van der Waals surface area contributed by atoms with E-state index in [1.807, 2.05) is 24.3 Å². The van der Waals surface area contributed by atoms with Crippen molar-refractivity contribution in [2.75, 3.05) is 40.4 Å². The third-order valence-corrected chi connectivity index (χ3v) is 6.29. The summed E-state index contributed by atoms with van der Waals surface area (Å²) in [5, 5.41) is 0. The first-order valence-corrected chi connectivity index (χ1v) is 10.5. The van der Waals surface area contributed by atoms with Crippen LogP contribution in [0.15, 0.2) is 42.5 Å². The van der Waals surface area contributed by atoms with E-state index in [9.17, 15) is 0 Å². The Labute approximate surface area is 176 Å². The van der Waals surface area contributed by atoms with Crippen molar-refractivity contribution in [2.24, 2.45) is 0 Å². The van der Waals surface area contributed by atoms with Gasteiger partial charge in [0.15, 0.2) is 11.5 Å². The maximum Gasteiger partial charge on any atom is 0.160 e. The summed E-state index contributed by atoms with van der Waals surface area (Å²) in [7, 11) is 5.00. The van der Waals surface area contributed by atoms with Crippen molar-refractivity contribution in [2.45, 2.75) is 13.0 Å². The van der Waals surface area contributed by atoms with Crippen molar-refractivity contribution < 1.29 is 14.2 Å². The summed E-state index contributed by atoms with van der Waals surface area (Å²) in [4.78, 5) is 4.67. The van der Waals surface area contributed by atoms with Crippen LogP contribution in [0.3, 0.4) is 0 Å². The van der Waals surface area contributed by atoms with Gasteiger partial charge in [-0.3, -0.25) is 4.90 Å². The van der Waals surface area contributed by atoms with Gasteiger partial charge in [-0.2, -0.15) is 0 Å². The molecular weight excluding hydrogens is 392 g/mol. The Balaban J connectivity index is 1.57. The molecule has 1 saturated heterocycles. The minimum absolute atomic E-state index is 0.751.